The van der Waals surface area contributed by atoms with Crippen LogP contribution in [0.3, 0.4) is 0 Å². The van der Waals surface area contributed by atoms with Gasteiger partial charge in [-0.2, -0.15) is 0 Å². The summed E-state index contributed by atoms with van der Waals surface area (Å²) in [6, 6.07) is 23.5. The maximum absolute atomic E-state index is 13.8. The number of nitrogens with one attached hydrogen (secondary N) is 1. The minimum Gasteiger partial charge on any atom is -0.352 e. The number of rotatable bonds is 13. The SMILES string of the molecule is Cc1c(Cl)cccc1N(CCCC(=O)N(Cc1ccccc1)C(Cc1ccccc1)C(=O)NC(C)C)S(C)(=O)=O. The Morgan fingerprint density at radius 1 is 0.900 bits per heavy atom. The van der Waals surface area contributed by atoms with E-state index < -0.39 is 16.1 Å². The van der Waals surface area contributed by atoms with Gasteiger partial charge in [-0.05, 0) is 56.0 Å². The minimum absolute atomic E-state index is 0.0682. The molecule has 0 aliphatic heterocycles. The summed E-state index contributed by atoms with van der Waals surface area (Å²) in [4.78, 5) is 28.9. The molecule has 7 nitrogen and oxygen atoms in total. The van der Waals surface area contributed by atoms with Crippen molar-refractivity contribution in [2.75, 3.05) is 17.1 Å². The van der Waals surface area contributed by atoms with Crippen molar-refractivity contribution in [1.29, 1.82) is 0 Å². The number of carbonyl (C=O) groups excluding carboxylic acids is 2. The van der Waals surface area contributed by atoms with Crippen LogP contribution in [0.4, 0.5) is 5.69 Å². The van der Waals surface area contributed by atoms with Crippen LogP contribution in [-0.2, 0) is 32.6 Å². The number of halogens is 1. The zero-order valence-electron chi connectivity index (χ0n) is 23.5. The van der Waals surface area contributed by atoms with Gasteiger partial charge in [-0.15, -0.1) is 0 Å². The molecule has 1 unspecified atom stereocenters. The van der Waals surface area contributed by atoms with Gasteiger partial charge in [0.15, 0.2) is 0 Å². The molecule has 9 heteroatoms. The molecule has 0 aliphatic carbocycles. The first-order valence-electron chi connectivity index (χ1n) is 13.4. The summed E-state index contributed by atoms with van der Waals surface area (Å²) in [5.74, 6) is -0.449. The van der Waals surface area contributed by atoms with Crippen LogP contribution >= 0.6 is 11.6 Å². The molecule has 0 spiro atoms. The lowest BCUT2D eigenvalue weighted by Gasteiger charge is -2.32. The van der Waals surface area contributed by atoms with Gasteiger partial charge in [0.1, 0.15) is 6.04 Å². The van der Waals surface area contributed by atoms with Crippen molar-refractivity contribution in [3.8, 4) is 0 Å². The number of benzene rings is 3. The number of nitrogens with zero attached hydrogens (tertiary/aromatic N) is 2. The molecule has 2 amide bonds. The fourth-order valence-electron chi connectivity index (χ4n) is 4.56. The second kappa shape index (κ2) is 14.3. The van der Waals surface area contributed by atoms with Crippen molar-refractivity contribution >= 4 is 39.1 Å². The smallest absolute Gasteiger partial charge is 0.243 e. The Morgan fingerprint density at radius 2 is 1.50 bits per heavy atom. The summed E-state index contributed by atoms with van der Waals surface area (Å²) < 4.78 is 26.7. The fraction of sp³-hybridized carbons (Fsp3) is 0.355. The highest BCUT2D eigenvalue weighted by atomic mass is 35.5. The molecule has 3 aromatic carbocycles. The number of anilines is 1. The second-order valence-corrected chi connectivity index (χ2v) is 12.5. The Bertz CT molecular complexity index is 1380. The molecule has 0 bridgehead atoms. The summed E-state index contributed by atoms with van der Waals surface area (Å²) in [7, 11) is -3.62. The van der Waals surface area contributed by atoms with Crippen LogP contribution in [0.15, 0.2) is 78.9 Å². The zero-order valence-corrected chi connectivity index (χ0v) is 25.1. The molecule has 40 heavy (non-hydrogen) atoms. The highest BCUT2D eigenvalue weighted by molar-refractivity contribution is 7.92. The van der Waals surface area contributed by atoms with E-state index >= 15 is 0 Å². The van der Waals surface area contributed by atoms with E-state index in [1.165, 1.54) is 4.31 Å². The largest absolute Gasteiger partial charge is 0.352 e. The third-order valence-corrected chi connectivity index (χ3v) is 8.15. The lowest BCUT2D eigenvalue weighted by Crippen LogP contribution is -2.51. The van der Waals surface area contributed by atoms with E-state index in [1.54, 1.807) is 30.0 Å². The predicted molar refractivity (Wildman–Crippen MR) is 162 cm³/mol. The van der Waals surface area contributed by atoms with Gasteiger partial charge in [-0.1, -0.05) is 78.3 Å². The van der Waals surface area contributed by atoms with Crippen molar-refractivity contribution in [3.05, 3.63) is 101 Å². The van der Waals surface area contributed by atoms with Gasteiger partial charge in [0.25, 0.3) is 0 Å². The number of hydrogen-bond donors (Lipinski definition) is 1. The predicted octanol–water partition coefficient (Wildman–Crippen LogP) is 5.36. The van der Waals surface area contributed by atoms with E-state index in [0.29, 0.717) is 22.7 Å². The van der Waals surface area contributed by atoms with E-state index in [-0.39, 0.29) is 43.8 Å². The van der Waals surface area contributed by atoms with Gasteiger partial charge in [0.2, 0.25) is 21.8 Å². The highest BCUT2D eigenvalue weighted by Gasteiger charge is 2.31. The second-order valence-electron chi connectivity index (χ2n) is 10.2. The summed E-state index contributed by atoms with van der Waals surface area (Å²) >= 11 is 6.26. The summed E-state index contributed by atoms with van der Waals surface area (Å²) in [5.41, 5.74) is 2.98. The Hall–Kier alpha value is -3.36. The van der Waals surface area contributed by atoms with Gasteiger partial charge in [-0.3, -0.25) is 13.9 Å². The van der Waals surface area contributed by atoms with Crippen LogP contribution in [0.5, 0.6) is 0 Å². The van der Waals surface area contributed by atoms with Crippen molar-refractivity contribution in [3.63, 3.8) is 0 Å². The molecule has 3 rings (SSSR count). The summed E-state index contributed by atoms with van der Waals surface area (Å²) in [6.07, 6.45) is 1.84. The maximum Gasteiger partial charge on any atom is 0.243 e. The standard InChI is InChI=1S/C31H38ClN3O4S/c1-23(2)33-31(37)29(21-25-13-7-5-8-14-25)34(22-26-15-9-6-10-16-26)30(36)19-12-20-35(40(4,38)39)28-18-11-17-27(32)24(28)3/h5-11,13-18,23,29H,12,19-22H2,1-4H3,(H,33,37). The Labute approximate surface area is 243 Å². The van der Waals surface area contributed by atoms with Crippen LogP contribution in [0.1, 0.15) is 43.4 Å². The van der Waals surface area contributed by atoms with Crippen molar-refractivity contribution < 1.29 is 18.0 Å². The van der Waals surface area contributed by atoms with Crippen molar-refractivity contribution in [1.82, 2.24) is 10.2 Å². The van der Waals surface area contributed by atoms with Gasteiger partial charge in [0.05, 0.1) is 11.9 Å². The fourth-order valence-corrected chi connectivity index (χ4v) is 5.75. The number of hydrogen-bond acceptors (Lipinski definition) is 4. The quantitative estimate of drug-likeness (QED) is 0.293. The molecule has 0 heterocycles. The minimum atomic E-state index is -3.62. The third-order valence-electron chi connectivity index (χ3n) is 6.56. The maximum atomic E-state index is 13.8. The molecule has 0 radical (unpaired) electrons. The molecule has 0 saturated carbocycles. The Morgan fingerprint density at radius 3 is 2.08 bits per heavy atom. The van der Waals surface area contributed by atoms with E-state index in [1.807, 2.05) is 74.5 Å². The number of carbonyl (C=O) groups is 2. The molecule has 3 aromatic rings. The molecule has 1 atom stereocenters. The number of sulfonamides is 1. The van der Waals surface area contributed by atoms with Gasteiger partial charge < -0.3 is 10.2 Å². The van der Waals surface area contributed by atoms with Crippen molar-refractivity contribution in [2.24, 2.45) is 0 Å². The topological polar surface area (TPSA) is 86.8 Å². The van der Waals surface area contributed by atoms with Crippen molar-refractivity contribution in [2.45, 2.75) is 58.7 Å². The molecule has 214 valence electrons. The first-order valence-corrected chi connectivity index (χ1v) is 15.6. The molecular weight excluding hydrogens is 546 g/mol. The average Bonchev–Trinajstić information content (AvgIpc) is 2.90. The molecular formula is C31H38ClN3O4S. The van der Waals surface area contributed by atoms with Crippen LogP contribution in [0, 0.1) is 6.92 Å². The molecule has 0 saturated heterocycles. The van der Waals surface area contributed by atoms with E-state index in [4.69, 9.17) is 11.6 Å². The first kappa shape index (κ1) is 31.2. The van der Waals surface area contributed by atoms with Crippen LogP contribution in [-0.4, -0.2) is 50.0 Å². The Balaban J connectivity index is 1.88. The first-order chi connectivity index (χ1) is 19.0. The lowest BCUT2D eigenvalue weighted by molar-refractivity contribution is -0.141. The van der Waals surface area contributed by atoms with Gasteiger partial charge >= 0.3 is 0 Å². The van der Waals surface area contributed by atoms with Crippen LogP contribution in [0.2, 0.25) is 5.02 Å². The monoisotopic (exact) mass is 583 g/mol. The van der Waals surface area contributed by atoms with E-state index in [9.17, 15) is 18.0 Å². The third kappa shape index (κ3) is 8.83. The zero-order chi connectivity index (χ0) is 29.3. The van der Waals surface area contributed by atoms with E-state index in [0.717, 1.165) is 17.4 Å². The lowest BCUT2D eigenvalue weighted by atomic mass is 10.0. The van der Waals surface area contributed by atoms with E-state index in [2.05, 4.69) is 5.32 Å². The highest BCUT2D eigenvalue weighted by Crippen LogP contribution is 2.28. The number of amides is 2. The molecule has 1 N–H and O–H groups in total. The summed E-state index contributed by atoms with van der Waals surface area (Å²) in [5, 5.41) is 3.45. The van der Waals surface area contributed by atoms with Gasteiger partial charge in [-0.25, -0.2) is 8.42 Å². The van der Waals surface area contributed by atoms with Crippen LogP contribution < -0.4 is 9.62 Å². The molecule has 0 aromatic heterocycles. The normalized spacial score (nSPS) is 12.2. The van der Waals surface area contributed by atoms with Gasteiger partial charge in [0, 0.05) is 37.0 Å². The molecule has 0 aliphatic rings. The average molecular weight is 584 g/mol. The summed E-state index contributed by atoms with van der Waals surface area (Å²) in [6.45, 7) is 5.90. The Kier molecular flexibility index (Phi) is 11.2. The van der Waals surface area contributed by atoms with Crippen LogP contribution in [0.25, 0.3) is 0 Å². The molecule has 0 fully saturated rings.